The molecule has 6 nitrogen and oxygen atoms in total. The highest BCUT2D eigenvalue weighted by molar-refractivity contribution is 7.92. The topological polar surface area (TPSA) is 75.7 Å². The van der Waals surface area contributed by atoms with Crippen LogP contribution in [0.25, 0.3) is 0 Å². The van der Waals surface area contributed by atoms with E-state index in [9.17, 15) is 13.2 Å². The fourth-order valence-corrected chi connectivity index (χ4v) is 4.18. The van der Waals surface area contributed by atoms with Crippen molar-refractivity contribution in [2.45, 2.75) is 17.9 Å². The van der Waals surface area contributed by atoms with Crippen LogP contribution < -0.4 is 14.4 Å². The SMILES string of the molecule is COc1ccc(S(=O)(=O)N(C)c2cccc(C(=O)N[C@H](C)c3ccccc3)c2)cc1. The van der Waals surface area contributed by atoms with Crippen molar-refractivity contribution in [3.63, 3.8) is 0 Å². The van der Waals surface area contributed by atoms with E-state index in [-0.39, 0.29) is 16.8 Å². The van der Waals surface area contributed by atoms with Crippen LogP contribution in [0.15, 0.2) is 83.8 Å². The Morgan fingerprint density at radius 3 is 2.27 bits per heavy atom. The molecule has 0 aliphatic heterocycles. The second kappa shape index (κ2) is 9.00. The average molecular weight is 425 g/mol. The highest BCUT2D eigenvalue weighted by Crippen LogP contribution is 2.24. The molecule has 0 heterocycles. The summed E-state index contributed by atoms with van der Waals surface area (Å²) in [4.78, 5) is 12.8. The summed E-state index contributed by atoms with van der Waals surface area (Å²) in [6.07, 6.45) is 0. The molecule has 0 unspecified atom stereocenters. The van der Waals surface area contributed by atoms with Crippen LogP contribution in [0.3, 0.4) is 0 Å². The summed E-state index contributed by atoms with van der Waals surface area (Å²) in [5, 5.41) is 2.94. The smallest absolute Gasteiger partial charge is 0.264 e. The van der Waals surface area contributed by atoms with Gasteiger partial charge in [0.25, 0.3) is 15.9 Å². The molecule has 0 saturated heterocycles. The Labute approximate surface area is 177 Å². The van der Waals surface area contributed by atoms with Crippen molar-refractivity contribution in [3.8, 4) is 5.75 Å². The molecule has 7 heteroatoms. The van der Waals surface area contributed by atoms with Gasteiger partial charge >= 0.3 is 0 Å². The summed E-state index contributed by atoms with van der Waals surface area (Å²) in [6.45, 7) is 1.90. The summed E-state index contributed by atoms with van der Waals surface area (Å²) in [5.41, 5.74) is 1.76. The van der Waals surface area contributed by atoms with Crippen molar-refractivity contribution in [3.05, 3.63) is 90.0 Å². The van der Waals surface area contributed by atoms with Crippen molar-refractivity contribution in [1.29, 1.82) is 0 Å². The fourth-order valence-electron chi connectivity index (χ4n) is 2.99. The quantitative estimate of drug-likeness (QED) is 0.622. The van der Waals surface area contributed by atoms with E-state index in [1.165, 1.54) is 26.3 Å². The summed E-state index contributed by atoms with van der Waals surface area (Å²) in [6, 6.07) is 22.1. The van der Waals surface area contributed by atoms with E-state index in [2.05, 4.69) is 5.32 Å². The molecule has 1 amide bonds. The van der Waals surface area contributed by atoms with Crippen molar-refractivity contribution in [2.75, 3.05) is 18.5 Å². The van der Waals surface area contributed by atoms with E-state index < -0.39 is 10.0 Å². The number of amides is 1. The van der Waals surface area contributed by atoms with Gasteiger partial charge in [-0.15, -0.1) is 0 Å². The number of anilines is 1. The predicted octanol–water partition coefficient (Wildman–Crippen LogP) is 4.01. The van der Waals surface area contributed by atoms with Crippen LogP contribution in [0.1, 0.15) is 28.9 Å². The zero-order valence-corrected chi connectivity index (χ0v) is 17.9. The van der Waals surface area contributed by atoms with Gasteiger partial charge in [-0.3, -0.25) is 9.10 Å². The first-order valence-electron chi connectivity index (χ1n) is 9.42. The first kappa shape index (κ1) is 21.4. The maximum atomic E-state index is 13.0. The van der Waals surface area contributed by atoms with Crippen molar-refractivity contribution >= 4 is 21.6 Å². The molecular formula is C23H24N2O4S. The zero-order valence-electron chi connectivity index (χ0n) is 17.1. The lowest BCUT2D eigenvalue weighted by Gasteiger charge is -2.21. The molecule has 3 rings (SSSR count). The van der Waals surface area contributed by atoms with E-state index in [4.69, 9.17) is 4.74 Å². The molecule has 0 radical (unpaired) electrons. The molecule has 0 bridgehead atoms. The van der Waals surface area contributed by atoms with Gasteiger partial charge < -0.3 is 10.1 Å². The third-order valence-corrected chi connectivity index (χ3v) is 6.64. The van der Waals surface area contributed by atoms with Gasteiger partial charge in [-0.25, -0.2) is 8.42 Å². The van der Waals surface area contributed by atoms with Gasteiger partial charge in [-0.2, -0.15) is 0 Å². The number of nitrogens with zero attached hydrogens (tertiary/aromatic N) is 1. The highest BCUT2D eigenvalue weighted by atomic mass is 32.2. The number of nitrogens with one attached hydrogen (secondary N) is 1. The van der Waals surface area contributed by atoms with E-state index >= 15 is 0 Å². The Morgan fingerprint density at radius 1 is 0.967 bits per heavy atom. The Bertz CT molecular complexity index is 1110. The second-order valence-corrected chi connectivity index (χ2v) is 8.77. The number of sulfonamides is 1. The van der Waals surface area contributed by atoms with Gasteiger partial charge in [0.15, 0.2) is 0 Å². The highest BCUT2D eigenvalue weighted by Gasteiger charge is 2.22. The van der Waals surface area contributed by atoms with Crippen LogP contribution >= 0.6 is 0 Å². The number of hydrogen-bond donors (Lipinski definition) is 1. The van der Waals surface area contributed by atoms with Crippen LogP contribution in [0.4, 0.5) is 5.69 Å². The molecule has 0 aliphatic carbocycles. The molecule has 3 aromatic carbocycles. The van der Waals surface area contributed by atoms with Gasteiger partial charge in [0.2, 0.25) is 0 Å². The third kappa shape index (κ3) is 4.63. The zero-order chi connectivity index (χ0) is 21.7. The summed E-state index contributed by atoms with van der Waals surface area (Å²) < 4.78 is 32.2. The number of benzene rings is 3. The van der Waals surface area contributed by atoms with Crippen LogP contribution in [0.2, 0.25) is 0 Å². The summed E-state index contributed by atoms with van der Waals surface area (Å²) >= 11 is 0. The van der Waals surface area contributed by atoms with Gasteiger partial charge in [-0.05, 0) is 55.0 Å². The summed E-state index contributed by atoms with van der Waals surface area (Å²) in [5.74, 6) is 0.297. The fraction of sp³-hybridized carbons (Fsp3) is 0.174. The Balaban J connectivity index is 1.80. The van der Waals surface area contributed by atoms with Gasteiger partial charge in [0.1, 0.15) is 5.75 Å². The first-order valence-corrected chi connectivity index (χ1v) is 10.9. The Kier molecular flexibility index (Phi) is 6.42. The van der Waals surface area contributed by atoms with Gasteiger partial charge in [0, 0.05) is 12.6 Å². The standard InChI is InChI=1S/C23H24N2O4S/c1-17(18-8-5-4-6-9-18)24-23(26)19-10-7-11-20(16-19)25(2)30(27,28)22-14-12-21(29-3)13-15-22/h4-17H,1-3H3,(H,24,26)/t17-/m1/s1. The molecule has 0 spiro atoms. The minimum atomic E-state index is -3.78. The molecule has 156 valence electrons. The van der Waals surface area contributed by atoms with Crippen LogP contribution in [0.5, 0.6) is 5.75 Å². The Hall–Kier alpha value is -3.32. The molecule has 0 aromatic heterocycles. The minimum Gasteiger partial charge on any atom is -0.497 e. The van der Waals surface area contributed by atoms with Crippen LogP contribution in [-0.4, -0.2) is 28.5 Å². The summed E-state index contributed by atoms with van der Waals surface area (Å²) in [7, 11) is -0.799. The van der Waals surface area contributed by atoms with E-state index in [1.54, 1.807) is 36.4 Å². The van der Waals surface area contributed by atoms with Crippen LogP contribution in [-0.2, 0) is 10.0 Å². The van der Waals surface area contributed by atoms with Crippen molar-refractivity contribution in [2.24, 2.45) is 0 Å². The molecule has 1 N–H and O–H groups in total. The van der Waals surface area contributed by atoms with E-state index in [1.807, 2.05) is 37.3 Å². The molecule has 0 aliphatic rings. The lowest BCUT2D eigenvalue weighted by Crippen LogP contribution is -2.28. The monoisotopic (exact) mass is 424 g/mol. The number of rotatable bonds is 7. The van der Waals surface area contributed by atoms with Gasteiger partial charge in [0.05, 0.1) is 23.7 Å². The molecule has 30 heavy (non-hydrogen) atoms. The lowest BCUT2D eigenvalue weighted by molar-refractivity contribution is 0.0940. The van der Waals surface area contributed by atoms with Crippen molar-refractivity contribution < 1.29 is 17.9 Å². The minimum absolute atomic E-state index is 0.137. The predicted molar refractivity (Wildman–Crippen MR) is 117 cm³/mol. The maximum Gasteiger partial charge on any atom is 0.264 e. The number of carbonyl (C=O) groups is 1. The van der Waals surface area contributed by atoms with E-state index in [0.717, 1.165) is 9.87 Å². The normalized spacial score (nSPS) is 12.1. The molecule has 3 aromatic rings. The number of ether oxygens (including phenoxy) is 1. The molecular weight excluding hydrogens is 400 g/mol. The van der Waals surface area contributed by atoms with Crippen molar-refractivity contribution in [1.82, 2.24) is 5.32 Å². The number of methoxy groups -OCH3 is 1. The third-order valence-electron chi connectivity index (χ3n) is 4.84. The van der Waals surface area contributed by atoms with Crippen LogP contribution in [0, 0.1) is 0 Å². The number of hydrogen-bond acceptors (Lipinski definition) is 4. The maximum absolute atomic E-state index is 13.0. The first-order chi connectivity index (χ1) is 14.3. The molecule has 1 atom stereocenters. The van der Waals surface area contributed by atoms with Gasteiger partial charge in [-0.1, -0.05) is 36.4 Å². The average Bonchev–Trinajstić information content (AvgIpc) is 2.79. The lowest BCUT2D eigenvalue weighted by atomic mass is 10.1. The largest absolute Gasteiger partial charge is 0.497 e. The number of carbonyl (C=O) groups excluding carboxylic acids is 1. The van der Waals surface area contributed by atoms with E-state index in [0.29, 0.717) is 17.0 Å². The Morgan fingerprint density at radius 2 is 1.63 bits per heavy atom. The molecule has 0 fully saturated rings. The molecule has 0 saturated carbocycles. The second-order valence-electron chi connectivity index (χ2n) is 6.80.